The zero-order chi connectivity index (χ0) is 20.1. The van der Waals surface area contributed by atoms with Crippen LogP contribution in [0.2, 0.25) is 0 Å². The molecule has 0 spiro atoms. The second kappa shape index (κ2) is 10.3. The molecule has 29 heavy (non-hydrogen) atoms. The number of benzene rings is 1. The van der Waals surface area contributed by atoms with Crippen molar-refractivity contribution in [2.45, 2.75) is 26.3 Å². The lowest BCUT2D eigenvalue weighted by molar-refractivity contribution is 0.650. The normalized spacial score (nSPS) is 10.9. The van der Waals surface area contributed by atoms with Crippen LogP contribution in [-0.2, 0) is 20.6 Å². The minimum atomic E-state index is -0.380. The number of rotatable bonds is 9. The summed E-state index contributed by atoms with van der Waals surface area (Å²) in [6, 6.07) is 9.90. The van der Waals surface area contributed by atoms with E-state index in [-0.39, 0.29) is 23.7 Å². The Kier molecular flexibility index (Phi) is 8.04. The molecule has 2 aromatic heterocycles. The molecule has 0 aliphatic carbocycles. The Morgan fingerprint density at radius 2 is 1.72 bits per heavy atom. The van der Waals surface area contributed by atoms with Crippen LogP contribution in [-0.4, -0.2) is 38.3 Å². The highest BCUT2D eigenvalue weighted by molar-refractivity contribution is 5.85. The Hall–Kier alpha value is -2.58. The van der Waals surface area contributed by atoms with Crippen molar-refractivity contribution >= 4 is 29.5 Å². The predicted molar refractivity (Wildman–Crippen MR) is 119 cm³/mol. The monoisotopic (exact) mass is 420 g/mol. The second-order valence-corrected chi connectivity index (χ2v) is 6.92. The number of unbranched alkanes of at least 4 members (excludes halogenated alkanes) is 1. The fourth-order valence-electron chi connectivity index (χ4n) is 3.19. The highest BCUT2D eigenvalue weighted by atomic mass is 35.5. The van der Waals surface area contributed by atoms with Crippen molar-refractivity contribution in [1.82, 2.24) is 24.0 Å². The summed E-state index contributed by atoms with van der Waals surface area (Å²) in [5, 5.41) is 6.70. The fourth-order valence-corrected chi connectivity index (χ4v) is 3.19. The number of fused-ring (bicyclic) bond motifs is 1. The number of aromatic nitrogens is 4. The third-order valence-electron chi connectivity index (χ3n) is 4.82. The summed E-state index contributed by atoms with van der Waals surface area (Å²) >= 11 is 0. The van der Waals surface area contributed by atoms with Gasteiger partial charge in [0.15, 0.2) is 11.2 Å². The van der Waals surface area contributed by atoms with Gasteiger partial charge in [-0.2, -0.15) is 4.98 Å². The lowest BCUT2D eigenvalue weighted by Crippen LogP contribution is -2.37. The van der Waals surface area contributed by atoms with E-state index in [1.165, 1.54) is 11.6 Å². The average molecular weight is 421 g/mol. The molecule has 0 radical (unpaired) electrons. The fraction of sp³-hybridized carbons (Fsp3) is 0.450. The number of imidazole rings is 1. The minimum Gasteiger partial charge on any atom is -0.354 e. The molecule has 0 aliphatic rings. The van der Waals surface area contributed by atoms with Gasteiger partial charge in [-0.3, -0.25) is 18.5 Å². The molecule has 2 N–H and O–H groups in total. The molecule has 9 heteroatoms. The number of nitrogens with one attached hydrogen (secondary N) is 2. The van der Waals surface area contributed by atoms with Crippen LogP contribution in [0.4, 0.5) is 5.95 Å². The molecule has 0 saturated heterocycles. The van der Waals surface area contributed by atoms with Gasteiger partial charge in [0.1, 0.15) is 0 Å². The predicted octanol–water partition coefficient (Wildman–Crippen LogP) is 1.71. The highest BCUT2D eigenvalue weighted by Gasteiger charge is 2.19. The first-order chi connectivity index (χ1) is 13.5. The molecular weight excluding hydrogens is 392 g/mol. The molecular formula is C20H29ClN6O2. The molecule has 0 amide bonds. The Bertz CT molecular complexity index is 1050. The third-order valence-corrected chi connectivity index (χ3v) is 4.82. The van der Waals surface area contributed by atoms with Crippen LogP contribution in [0.1, 0.15) is 25.3 Å². The molecule has 8 nitrogen and oxygen atoms in total. The molecule has 158 valence electrons. The zero-order valence-electron chi connectivity index (χ0n) is 17.1. The zero-order valence-corrected chi connectivity index (χ0v) is 18.0. The van der Waals surface area contributed by atoms with Crippen molar-refractivity contribution in [3.05, 3.63) is 56.7 Å². The summed E-state index contributed by atoms with van der Waals surface area (Å²) in [6.07, 6.45) is 2.30. The summed E-state index contributed by atoms with van der Waals surface area (Å²) in [7, 11) is 3.13. The molecule has 0 unspecified atom stereocenters. The van der Waals surface area contributed by atoms with Gasteiger partial charge in [-0.15, -0.1) is 12.4 Å². The highest BCUT2D eigenvalue weighted by Crippen LogP contribution is 2.17. The first-order valence-electron chi connectivity index (χ1n) is 9.69. The van der Waals surface area contributed by atoms with E-state index in [9.17, 15) is 9.59 Å². The molecule has 3 rings (SSSR count). The number of nitrogens with zero attached hydrogens (tertiary/aromatic N) is 4. The minimum absolute atomic E-state index is 0. The number of hydrogen-bond acceptors (Lipinski definition) is 5. The first-order valence-corrected chi connectivity index (χ1v) is 9.69. The van der Waals surface area contributed by atoms with Crippen LogP contribution in [0.25, 0.3) is 11.2 Å². The van der Waals surface area contributed by atoms with Crippen molar-refractivity contribution in [2.75, 3.05) is 25.0 Å². The number of anilines is 1. The van der Waals surface area contributed by atoms with Crippen LogP contribution in [0.5, 0.6) is 0 Å². The second-order valence-electron chi connectivity index (χ2n) is 6.92. The van der Waals surface area contributed by atoms with Gasteiger partial charge in [0.2, 0.25) is 5.95 Å². The maximum atomic E-state index is 12.8. The number of hydrogen-bond donors (Lipinski definition) is 2. The first kappa shape index (κ1) is 22.7. The largest absolute Gasteiger partial charge is 0.354 e. The topological polar surface area (TPSA) is 85.9 Å². The Morgan fingerprint density at radius 3 is 2.41 bits per heavy atom. The van der Waals surface area contributed by atoms with Gasteiger partial charge in [0.25, 0.3) is 5.56 Å². The molecule has 0 saturated carbocycles. The SMILES string of the molecule is CCCCNCCNc1nc2c(c(=O)n(C)c(=O)n2C)n1Cc1ccccc1.Cl. The Morgan fingerprint density at radius 1 is 1.00 bits per heavy atom. The maximum absolute atomic E-state index is 12.8. The van der Waals surface area contributed by atoms with Crippen LogP contribution >= 0.6 is 12.4 Å². The van der Waals surface area contributed by atoms with Crippen LogP contribution in [0.3, 0.4) is 0 Å². The van der Waals surface area contributed by atoms with Crippen LogP contribution in [0, 0.1) is 0 Å². The van der Waals surface area contributed by atoms with Crippen molar-refractivity contribution in [3.8, 4) is 0 Å². The van der Waals surface area contributed by atoms with Gasteiger partial charge in [-0.25, -0.2) is 4.79 Å². The van der Waals surface area contributed by atoms with E-state index in [2.05, 4.69) is 22.5 Å². The smallest absolute Gasteiger partial charge is 0.332 e. The van der Waals surface area contributed by atoms with E-state index in [0.29, 0.717) is 30.2 Å². The van der Waals surface area contributed by atoms with E-state index in [0.717, 1.165) is 36.1 Å². The third kappa shape index (κ3) is 4.89. The molecule has 0 atom stereocenters. The lowest BCUT2D eigenvalue weighted by atomic mass is 10.2. The summed E-state index contributed by atoms with van der Waals surface area (Å²) in [4.78, 5) is 29.7. The van der Waals surface area contributed by atoms with E-state index in [1.54, 1.807) is 7.05 Å². The molecule has 0 aliphatic heterocycles. The standard InChI is InChI=1S/C20H28N6O2.ClH/c1-4-5-11-21-12-13-22-19-23-17-16(18(27)25(3)20(28)24(17)2)26(19)14-15-9-7-6-8-10-15;/h6-10,21H,4-5,11-14H2,1-3H3,(H,22,23);1H. The van der Waals surface area contributed by atoms with Gasteiger partial charge >= 0.3 is 5.69 Å². The van der Waals surface area contributed by atoms with E-state index >= 15 is 0 Å². The van der Waals surface area contributed by atoms with Crippen LogP contribution in [0.15, 0.2) is 39.9 Å². The van der Waals surface area contributed by atoms with Gasteiger partial charge in [0, 0.05) is 27.2 Å². The van der Waals surface area contributed by atoms with Crippen molar-refractivity contribution in [2.24, 2.45) is 14.1 Å². The number of aryl methyl sites for hydroxylation is 1. The lowest BCUT2D eigenvalue weighted by Gasteiger charge is -2.11. The molecule has 2 heterocycles. The Balaban J connectivity index is 0.00000300. The molecule has 0 bridgehead atoms. The van der Waals surface area contributed by atoms with E-state index in [1.807, 2.05) is 34.9 Å². The molecule has 1 aromatic carbocycles. The van der Waals surface area contributed by atoms with Gasteiger partial charge in [-0.1, -0.05) is 43.7 Å². The van der Waals surface area contributed by atoms with Gasteiger partial charge in [-0.05, 0) is 18.5 Å². The summed E-state index contributed by atoms with van der Waals surface area (Å²) in [5.74, 6) is 0.592. The quantitative estimate of drug-likeness (QED) is 0.515. The Labute approximate surface area is 176 Å². The molecule has 3 aromatic rings. The van der Waals surface area contributed by atoms with Crippen LogP contribution < -0.4 is 21.9 Å². The number of halogens is 1. The summed E-state index contributed by atoms with van der Waals surface area (Å²) in [5.41, 5.74) is 1.16. The summed E-state index contributed by atoms with van der Waals surface area (Å²) in [6.45, 7) is 5.11. The van der Waals surface area contributed by atoms with E-state index in [4.69, 9.17) is 0 Å². The summed E-state index contributed by atoms with van der Waals surface area (Å²) < 4.78 is 4.41. The van der Waals surface area contributed by atoms with E-state index < -0.39 is 0 Å². The maximum Gasteiger partial charge on any atom is 0.332 e. The van der Waals surface area contributed by atoms with Crippen molar-refractivity contribution in [3.63, 3.8) is 0 Å². The van der Waals surface area contributed by atoms with Crippen molar-refractivity contribution in [1.29, 1.82) is 0 Å². The average Bonchev–Trinajstić information content (AvgIpc) is 3.06. The van der Waals surface area contributed by atoms with Gasteiger partial charge < -0.3 is 10.6 Å². The molecule has 0 fully saturated rings. The van der Waals surface area contributed by atoms with Gasteiger partial charge in [0.05, 0.1) is 6.54 Å². The van der Waals surface area contributed by atoms with Crippen molar-refractivity contribution < 1.29 is 0 Å².